The average molecular weight is 330 g/mol. The number of carbonyl (C=O) groups is 2. The van der Waals surface area contributed by atoms with Crippen LogP contribution in [0, 0.1) is 0 Å². The fourth-order valence-corrected chi connectivity index (χ4v) is 2.38. The van der Waals surface area contributed by atoms with E-state index in [0.29, 0.717) is 25.8 Å². The second kappa shape index (κ2) is 6.89. The van der Waals surface area contributed by atoms with E-state index in [0.717, 1.165) is 22.6 Å². The summed E-state index contributed by atoms with van der Waals surface area (Å²) in [7, 11) is 0. The number of amides is 2. The molecule has 1 heterocycles. The lowest BCUT2D eigenvalue weighted by Gasteiger charge is -2.34. The van der Waals surface area contributed by atoms with Crippen molar-refractivity contribution < 1.29 is 27.9 Å². The zero-order chi connectivity index (χ0) is 17.0. The zero-order valence-corrected chi connectivity index (χ0v) is 12.3. The summed E-state index contributed by atoms with van der Waals surface area (Å²) in [6.07, 6.45) is -3.76. The number of halogens is 3. The van der Waals surface area contributed by atoms with Crippen molar-refractivity contribution in [3.8, 4) is 0 Å². The molecule has 2 N–H and O–H groups in total. The highest BCUT2D eigenvalue weighted by atomic mass is 19.4. The molecular weight excluding hydrogens is 313 g/mol. The van der Waals surface area contributed by atoms with E-state index in [-0.39, 0.29) is 12.5 Å². The topological polar surface area (TPSA) is 69.6 Å². The van der Waals surface area contributed by atoms with E-state index in [1.165, 1.54) is 12.1 Å². The van der Waals surface area contributed by atoms with Gasteiger partial charge in [-0.05, 0) is 37.0 Å². The molecule has 126 valence electrons. The SMILES string of the molecule is O=C1NCC1N(CCCCc1ccc(C(F)(F)F)cc1)C(=O)O. The minimum atomic E-state index is -4.34. The Morgan fingerprint density at radius 3 is 2.35 bits per heavy atom. The van der Waals surface area contributed by atoms with Gasteiger partial charge in [0.15, 0.2) is 0 Å². The van der Waals surface area contributed by atoms with Crippen molar-refractivity contribution in [1.29, 1.82) is 0 Å². The lowest BCUT2D eigenvalue weighted by atomic mass is 10.0. The Morgan fingerprint density at radius 2 is 1.91 bits per heavy atom. The fraction of sp³-hybridized carbons (Fsp3) is 0.467. The van der Waals surface area contributed by atoms with Gasteiger partial charge in [0, 0.05) is 13.1 Å². The van der Waals surface area contributed by atoms with Crippen LogP contribution in [0.1, 0.15) is 24.0 Å². The van der Waals surface area contributed by atoms with Crippen LogP contribution in [0.5, 0.6) is 0 Å². The molecule has 8 heteroatoms. The number of nitrogens with one attached hydrogen (secondary N) is 1. The maximum absolute atomic E-state index is 12.4. The molecule has 0 saturated carbocycles. The first-order valence-electron chi connectivity index (χ1n) is 7.22. The van der Waals surface area contributed by atoms with Gasteiger partial charge < -0.3 is 10.4 Å². The first-order valence-corrected chi connectivity index (χ1v) is 7.22. The maximum Gasteiger partial charge on any atom is 0.416 e. The highest BCUT2D eigenvalue weighted by Gasteiger charge is 2.36. The minimum absolute atomic E-state index is 0.230. The third-order valence-electron chi connectivity index (χ3n) is 3.79. The first kappa shape index (κ1) is 17.1. The largest absolute Gasteiger partial charge is 0.465 e. The Morgan fingerprint density at radius 1 is 1.26 bits per heavy atom. The molecule has 1 atom stereocenters. The Kier molecular flexibility index (Phi) is 5.12. The van der Waals surface area contributed by atoms with Gasteiger partial charge in [0.1, 0.15) is 6.04 Å². The number of hydrogen-bond acceptors (Lipinski definition) is 2. The predicted octanol–water partition coefficient (Wildman–Crippen LogP) is 2.51. The van der Waals surface area contributed by atoms with E-state index in [1.54, 1.807) is 0 Å². The molecule has 1 unspecified atom stereocenters. The van der Waals surface area contributed by atoms with Crippen molar-refractivity contribution in [2.45, 2.75) is 31.5 Å². The monoisotopic (exact) mass is 330 g/mol. The van der Waals surface area contributed by atoms with Gasteiger partial charge >= 0.3 is 12.3 Å². The third kappa shape index (κ3) is 4.37. The van der Waals surface area contributed by atoms with Gasteiger partial charge in [-0.2, -0.15) is 13.2 Å². The van der Waals surface area contributed by atoms with Crippen LogP contribution in [0.2, 0.25) is 0 Å². The molecule has 0 bridgehead atoms. The van der Waals surface area contributed by atoms with Crippen molar-refractivity contribution in [2.24, 2.45) is 0 Å². The number of carboxylic acid groups (broad SMARTS) is 1. The van der Waals surface area contributed by atoms with Gasteiger partial charge in [-0.25, -0.2) is 4.79 Å². The second-order valence-corrected chi connectivity index (χ2v) is 5.39. The lowest BCUT2D eigenvalue weighted by molar-refractivity contribution is -0.137. The molecule has 1 fully saturated rings. The number of carbonyl (C=O) groups excluding carboxylic acids is 1. The van der Waals surface area contributed by atoms with Gasteiger partial charge in [-0.1, -0.05) is 12.1 Å². The van der Waals surface area contributed by atoms with Crippen LogP contribution in [0.15, 0.2) is 24.3 Å². The normalized spacial score (nSPS) is 17.3. The predicted molar refractivity (Wildman–Crippen MR) is 75.9 cm³/mol. The van der Waals surface area contributed by atoms with Gasteiger partial charge in [-0.15, -0.1) is 0 Å². The Bertz CT molecular complexity index is 572. The summed E-state index contributed by atoms with van der Waals surface area (Å²) >= 11 is 0. The first-order chi connectivity index (χ1) is 10.8. The number of aryl methyl sites for hydroxylation is 1. The molecular formula is C15H17F3N2O3. The molecule has 2 rings (SSSR count). The zero-order valence-electron chi connectivity index (χ0n) is 12.3. The minimum Gasteiger partial charge on any atom is -0.465 e. The molecule has 0 aromatic heterocycles. The summed E-state index contributed by atoms with van der Waals surface area (Å²) in [6.45, 7) is 0.554. The fourth-order valence-electron chi connectivity index (χ4n) is 2.38. The Labute approximate surface area is 131 Å². The molecule has 1 aromatic rings. The van der Waals surface area contributed by atoms with Crippen LogP contribution in [0.3, 0.4) is 0 Å². The van der Waals surface area contributed by atoms with Crippen LogP contribution in [0.25, 0.3) is 0 Å². The van der Waals surface area contributed by atoms with Crippen LogP contribution in [-0.4, -0.2) is 41.1 Å². The van der Waals surface area contributed by atoms with Crippen molar-refractivity contribution in [1.82, 2.24) is 10.2 Å². The summed E-state index contributed by atoms with van der Waals surface area (Å²) in [5, 5.41) is 11.6. The number of alkyl halides is 3. The third-order valence-corrected chi connectivity index (χ3v) is 3.79. The molecule has 1 aliphatic rings. The lowest BCUT2D eigenvalue weighted by Crippen LogP contribution is -2.63. The number of hydrogen-bond donors (Lipinski definition) is 2. The van der Waals surface area contributed by atoms with E-state index in [1.807, 2.05) is 0 Å². The van der Waals surface area contributed by atoms with Crippen molar-refractivity contribution in [3.63, 3.8) is 0 Å². The van der Waals surface area contributed by atoms with Crippen LogP contribution in [-0.2, 0) is 17.4 Å². The van der Waals surface area contributed by atoms with E-state index in [9.17, 15) is 22.8 Å². The molecule has 0 aliphatic carbocycles. The quantitative estimate of drug-likeness (QED) is 0.622. The average Bonchev–Trinajstić information content (AvgIpc) is 2.48. The number of unbranched alkanes of at least 4 members (excludes halogenated alkanes) is 1. The van der Waals surface area contributed by atoms with Gasteiger partial charge in [0.25, 0.3) is 0 Å². The molecule has 5 nitrogen and oxygen atoms in total. The van der Waals surface area contributed by atoms with Crippen LogP contribution >= 0.6 is 0 Å². The van der Waals surface area contributed by atoms with E-state index >= 15 is 0 Å². The van der Waals surface area contributed by atoms with E-state index < -0.39 is 23.9 Å². The van der Waals surface area contributed by atoms with Crippen molar-refractivity contribution >= 4 is 12.0 Å². The molecule has 0 radical (unpaired) electrons. The summed E-state index contributed by atoms with van der Waals surface area (Å²) in [5.41, 5.74) is 0.0792. The Hall–Kier alpha value is -2.25. The molecule has 1 saturated heterocycles. The van der Waals surface area contributed by atoms with Gasteiger partial charge in [0.2, 0.25) is 5.91 Å². The summed E-state index contributed by atoms with van der Waals surface area (Å²) < 4.78 is 37.3. The van der Waals surface area contributed by atoms with Crippen molar-refractivity contribution in [2.75, 3.05) is 13.1 Å². The van der Waals surface area contributed by atoms with Crippen LogP contribution < -0.4 is 5.32 Å². The summed E-state index contributed by atoms with van der Waals surface area (Å²) in [5.74, 6) is -0.296. The number of nitrogens with zero attached hydrogens (tertiary/aromatic N) is 1. The summed E-state index contributed by atoms with van der Waals surface area (Å²) in [4.78, 5) is 23.5. The highest BCUT2D eigenvalue weighted by Crippen LogP contribution is 2.29. The van der Waals surface area contributed by atoms with Gasteiger partial charge in [-0.3, -0.25) is 9.69 Å². The van der Waals surface area contributed by atoms with Gasteiger partial charge in [0.05, 0.1) is 5.56 Å². The van der Waals surface area contributed by atoms with E-state index in [4.69, 9.17) is 5.11 Å². The molecule has 2 amide bonds. The molecule has 0 spiro atoms. The highest BCUT2D eigenvalue weighted by molar-refractivity contribution is 5.90. The maximum atomic E-state index is 12.4. The van der Waals surface area contributed by atoms with E-state index in [2.05, 4.69) is 5.32 Å². The number of β-lactam (4-membered cyclic amide) rings is 1. The molecule has 1 aromatic carbocycles. The molecule has 1 aliphatic heterocycles. The number of rotatable bonds is 6. The standard InChI is InChI=1S/C15H17F3N2O3/c16-15(17,18)11-6-4-10(5-7-11)3-1-2-8-20(14(22)23)12-9-19-13(12)21/h4-7,12H,1-3,8-9H2,(H,19,21)(H,22,23). The second-order valence-electron chi connectivity index (χ2n) is 5.39. The number of benzene rings is 1. The molecule has 23 heavy (non-hydrogen) atoms. The van der Waals surface area contributed by atoms with Crippen molar-refractivity contribution in [3.05, 3.63) is 35.4 Å². The smallest absolute Gasteiger partial charge is 0.416 e. The summed E-state index contributed by atoms with van der Waals surface area (Å²) in [6, 6.07) is 4.31. The Balaban J connectivity index is 1.78. The van der Waals surface area contributed by atoms with Crippen LogP contribution in [0.4, 0.5) is 18.0 Å².